The number of fused-ring (bicyclic) bond motifs is 1. The number of hydrogen-bond acceptors (Lipinski definition) is 9. The molecule has 0 saturated carbocycles. The maximum atomic E-state index is 14.4. The molecule has 11 nitrogen and oxygen atoms in total. The molecule has 0 fully saturated rings. The van der Waals surface area contributed by atoms with E-state index in [1.165, 1.54) is 6.07 Å². The number of benzene rings is 2. The Balaban J connectivity index is 1.48. The third-order valence-corrected chi connectivity index (χ3v) is 6.60. The second-order valence-electron chi connectivity index (χ2n) is 9.18. The number of methoxy groups -OCH3 is 1. The zero-order chi connectivity index (χ0) is 28.6. The molecule has 0 bridgehead atoms. The summed E-state index contributed by atoms with van der Waals surface area (Å²) in [6.07, 6.45) is 3.49. The van der Waals surface area contributed by atoms with Gasteiger partial charge in [-0.15, -0.1) is 0 Å². The monoisotopic (exact) mass is 565 g/mol. The van der Waals surface area contributed by atoms with Crippen LogP contribution in [-0.2, 0) is 23.1 Å². The first kappa shape index (κ1) is 26.9. The highest BCUT2D eigenvalue weighted by atomic mass is 35.5. The number of amides is 1. The molecule has 3 N–H and O–H groups in total. The van der Waals surface area contributed by atoms with Gasteiger partial charge in [-0.05, 0) is 37.6 Å². The third kappa shape index (κ3) is 5.25. The Morgan fingerprint density at radius 2 is 2.05 bits per heavy atom. The van der Waals surface area contributed by atoms with E-state index in [0.29, 0.717) is 21.9 Å². The van der Waals surface area contributed by atoms with Crippen LogP contribution in [0.25, 0.3) is 11.1 Å². The largest absolute Gasteiger partial charge is 0.465 e. The average Bonchev–Trinajstić information content (AvgIpc) is 3.51. The Kier molecular flexibility index (Phi) is 7.26. The molecule has 4 aromatic rings. The molecule has 206 valence electrons. The second-order valence-corrected chi connectivity index (χ2v) is 9.59. The van der Waals surface area contributed by atoms with Gasteiger partial charge in [-0.25, -0.2) is 14.2 Å². The van der Waals surface area contributed by atoms with E-state index in [9.17, 15) is 14.0 Å². The molecule has 0 saturated heterocycles. The minimum atomic E-state index is -0.895. The van der Waals surface area contributed by atoms with Crippen LogP contribution < -0.4 is 16.0 Å². The molecule has 40 heavy (non-hydrogen) atoms. The highest BCUT2D eigenvalue weighted by Gasteiger charge is 2.31. The fourth-order valence-corrected chi connectivity index (χ4v) is 4.71. The summed E-state index contributed by atoms with van der Waals surface area (Å²) in [5.41, 5.74) is 3.08. The van der Waals surface area contributed by atoms with Gasteiger partial charge in [0.15, 0.2) is 5.58 Å². The number of halogens is 2. The van der Waals surface area contributed by atoms with Crippen molar-refractivity contribution in [1.82, 2.24) is 25.4 Å². The van der Waals surface area contributed by atoms with E-state index in [1.54, 1.807) is 30.9 Å². The zero-order valence-corrected chi connectivity index (χ0v) is 22.8. The van der Waals surface area contributed by atoms with E-state index in [-0.39, 0.29) is 41.1 Å². The normalized spacial score (nSPS) is 15.1. The van der Waals surface area contributed by atoms with Gasteiger partial charge in [0, 0.05) is 41.6 Å². The van der Waals surface area contributed by atoms with Crippen molar-refractivity contribution in [2.75, 3.05) is 12.4 Å². The number of nitrogens with one attached hydrogen (secondary N) is 3. The van der Waals surface area contributed by atoms with Crippen LogP contribution >= 0.6 is 11.6 Å². The van der Waals surface area contributed by atoms with Gasteiger partial charge in [-0.3, -0.25) is 14.8 Å². The number of carbonyl (C=O) groups is 2. The summed E-state index contributed by atoms with van der Waals surface area (Å²) in [5.74, 6) is -1.83. The molecule has 1 amide bonds. The van der Waals surface area contributed by atoms with Crippen molar-refractivity contribution in [3.05, 3.63) is 87.1 Å². The highest BCUT2D eigenvalue weighted by molar-refractivity contribution is 6.31. The Labute approximate surface area is 233 Å². The molecule has 3 heterocycles. The number of hydrogen-bond donors (Lipinski definition) is 3. The number of aromatic nitrogens is 3. The second kappa shape index (κ2) is 10.8. The first-order valence-electron chi connectivity index (χ1n) is 12.2. The molecule has 1 aliphatic rings. The minimum absolute atomic E-state index is 0.0527. The summed E-state index contributed by atoms with van der Waals surface area (Å²) < 4.78 is 26.4. The van der Waals surface area contributed by atoms with Gasteiger partial charge in [0.2, 0.25) is 5.96 Å². The molecular formula is C27H25ClFN7O4. The van der Waals surface area contributed by atoms with Crippen molar-refractivity contribution in [2.45, 2.75) is 26.4 Å². The summed E-state index contributed by atoms with van der Waals surface area (Å²) in [7, 11) is 2.94. The standard InChI is InChI=1S/C27H25ClFN7O4/c1-13-5-6-16(17(28)9-13)22-20(24(37)30-10-15-11-31-36(3)12-15)14(2)32-26(34-22)35-27-33-19-8-7-18(29)21(23(19)40-27)25(38)39-4/h5-9,11-12,22H,10H2,1-4H3,(H,30,37)(H2,32,33,34,35). The fourth-order valence-electron chi connectivity index (χ4n) is 4.37. The Bertz CT molecular complexity index is 1710. The lowest BCUT2D eigenvalue weighted by Crippen LogP contribution is -2.39. The molecule has 5 rings (SSSR count). The van der Waals surface area contributed by atoms with E-state index >= 15 is 0 Å². The average molecular weight is 566 g/mol. The summed E-state index contributed by atoms with van der Waals surface area (Å²) in [6.45, 7) is 3.92. The first-order chi connectivity index (χ1) is 19.1. The Morgan fingerprint density at radius 3 is 2.75 bits per heavy atom. The van der Waals surface area contributed by atoms with E-state index in [0.717, 1.165) is 24.3 Å². The van der Waals surface area contributed by atoms with Crippen LogP contribution in [0, 0.1) is 12.7 Å². The Hall–Kier alpha value is -4.71. The maximum absolute atomic E-state index is 14.4. The predicted molar refractivity (Wildman–Crippen MR) is 146 cm³/mol. The number of esters is 1. The number of aryl methyl sites for hydroxylation is 2. The predicted octanol–water partition coefficient (Wildman–Crippen LogP) is 4.15. The maximum Gasteiger partial charge on any atom is 0.344 e. The van der Waals surface area contributed by atoms with Gasteiger partial charge in [-0.1, -0.05) is 23.7 Å². The van der Waals surface area contributed by atoms with Crippen LogP contribution in [0.15, 0.2) is 63.4 Å². The van der Waals surface area contributed by atoms with Crippen molar-refractivity contribution < 1.29 is 23.1 Å². The van der Waals surface area contributed by atoms with Crippen LogP contribution in [0.3, 0.4) is 0 Å². The number of ether oxygens (including phenoxy) is 1. The number of allylic oxidation sites excluding steroid dienone is 1. The molecule has 0 aliphatic carbocycles. The smallest absolute Gasteiger partial charge is 0.344 e. The molecule has 1 atom stereocenters. The van der Waals surface area contributed by atoms with Crippen LogP contribution in [0.5, 0.6) is 0 Å². The lowest BCUT2D eigenvalue weighted by Gasteiger charge is -2.27. The van der Waals surface area contributed by atoms with Gasteiger partial charge in [-0.2, -0.15) is 10.1 Å². The number of oxazole rings is 1. The molecule has 2 aromatic heterocycles. The summed E-state index contributed by atoms with van der Waals surface area (Å²) >= 11 is 6.61. The lowest BCUT2D eigenvalue weighted by atomic mass is 9.95. The third-order valence-electron chi connectivity index (χ3n) is 6.27. The van der Waals surface area contributed by atoms with Crippen LogP contribution in [0.2, 0.25) is 5.02 Å². The zero-order valence-electron chi connectivity index (χ0n) is 22.0. The lowest BCUT2D eigenvalue weighted by molar-refractivity contribution is -0.118. The van der Waals surface area contributed by atoms with Crippen LogP contribution in [0.1, 0.15) is 40.0 Å². The number of carbonyl (C=O) groups excluding carboxylic acids is 2. The van der Waals surface area contributed by atoms with Crippen molar-refractivity contribution in [3.63, 3.8) is 0 Å². The van der Waals surface area contributed by atoms with E-state index in [1.807, 2.05) is 25.3 Å². The van der Waals surface area contributed by atoms with Gasteiger partial charge >= 0.3 is 12.0 Å². The summed E-state index contributed by atoms with van der Waals surface area (Å²) in [4.78, 5) is 34.6. The van der Waals surface area contributed by atoms with Crippen molar-refractivity contribution in [1.29, 1.82) is 0 Å². The van der Waals surface area contributed by atoms with E-state index in [4.69, 9.17) is 21.0 Å². The van der Waals surface area contributed by atoms with Gasteiger partial charge in [0.25, 0.3) is 5.91 Å². The summed E-state index contributed by atoms with van der Waals surface area (Å²) in [5, 5.41) is 13.5. The topological polar surface area (TPSA) is 136 Å². The molecule has 1 aliphatic heterocycles. The summed E-state index contributed by atoms with van der Waals surface area (Å²) in [6, 6.07) is 7.16. The van der Waals surface area contributed by atoms with Gasteiger partial charge < -0.3 is 19.8 Å². The van der Waals surface area contributed by atoms with Crippen molar-refractivity contribution in [2.24, 2.45) is 12.0 Å². The SMILES string of the molecule is COC(=O)c1c(F)ccc2nc(NC3=NC(c4ccc(C)cc4Cl)C(C(=O)NCc4cnn(C)c4)=C(C)N3)oc12. The number of aliphatic imine (C=N–C) groups is 1. The highest BCUT2D eigenvalue weighted by Crippen LogP contribution is 2.36. The molecule has 0 spiro atoms. The number of nitrogens with zero attached hydrogens (tertiary/aromatic N) is 4. The van der Waals surface area contributed by atoms with Gasteiger partial charge in [0.05, 0.1) is 18.9 Å². The van der Waals surface area contributed by atoms with E-state index in [2.05, 4.69) is 30.8 Å². The fraction of sp³-hybridized carbons (Fsp3) is 0.222. The number of anilines is 1. The first-order valence-corrected chi connectivity index (χ1v) is 12.5. The molecule has 2 aromatic carbocycles. The minimum Gasteiger partial charge on any atom is -0.465 e. The van der Waals surface area contributed by atoms with Gasteiger partial charge in [0.1, 0.15) is 22.9 Å². The van der Waals surface area contributed by atoms with E-state index < -0.39 is 17.8 Å². The molecule has 0 radical (unpaired) electrons. The number of guanidine groups is 1. The number of rotatable bonds is 6. The molecular weight excluding hydrogens is 541 g/mol. The molecule has 13 heteroatoms. The quantitative estimate of drug-likeness (QED) is 0.297. The Morgan fingerprint density at radius 1 is 1.25 bits per heavy atom. The molecule has 1 unspecified atom stereocenters. The van der Waals surface area contributed by atoms with Crippen molar-refractivity contribution >= 4 is 46.6 Å². The van der Waals surface area contributed by atoms with Crippen LogP contribution in [0.4, 0.5) is 10.4 Å². The van der Waals surface area contributed by atoms with Crippen LogP contribution in [-0.4, -0.2) is 39.7 Å². The van der Waals surface area contributed by atoms with Crippen molar-refractivity contribution in [3.8, 4) is 0 Å².